The lowest BCUT2D eigenvalue weighted by atomic mass is 10.0. The molecular formula is C27H31N7O2. The molecule has 0 aliphatic carbocycles. The standard InChI is InChI=1S/C27H31N7O2/c1-19(15-22(18-28-2)33-11-13-36-14-12-33)20-5-7-24-23(16-20)26(32-31-24)27(35)30-21-6-8-25(29-17-21)34-9-3-4-10-34/h5-8,15-18H,2-4,9-14H2,1H3,(H,30,35)(H,31,32)/b19-15+,22-18+. The van der Waals surface area contributed by atoms with E-state index in [-0.39, 0.29) is 5.91 Å². The van der Waals surface area contributed by atoms with Gasteiger partial charge in [0.15, 0.2) is 5.69 Å². The first-order valence-electron chi connectivity index (χ1n) is 12.3. The lowest BCUT2D eigenvalue weighted by Crippen LogP contribution is -2.35. The minimum atomic E-state index is -0.277. The maximum absolute atomic E-state index is 13.1. The largest absolute Gasteiger partial charge is 0.378 e. The molecule has 186 valence electrons. The van der Waals surface area contributed by atoms with Crippen LogP contribution in [0.25, 0.3) is 16.5 Å². The second-order valence-corrected chi connectivity index (χ2v) is 9.05. The number of anilines is 2. The van der Waals surface area contributed by atoms with Crippen molar-refractivity contribution in [3.8, 4) is 0 Å². The number of nitrogens with zero attached hydrogens (tertiary/aromatic N) is 5. The van der Waals surface area contributed by atoms with E-state index in [9.17, 15) is 4.79 Å². The fraction of sp³-hybridized carbons (Fsp3) is 0.333. The van der Waals surface area contributed by atoms with Crippen LogP contribution < -0.4 is 10.2 Å². The van der Waals surface area contributed by atoms with Crippen molar-refractivity contribution in [1.82, 2.24) is 20.1 Å². The highest BCUT2D eigenvalue weighted by molar-refractivity contribution is 6.11. The summed E-state index contributed by atoms with van der Waals surface area (Å²) in [6, 6.07) is 9.80. The number of ether oxygens (including phenoxy) is 1. The third kappa shape index (κ3) is 5.16. The minimum absolute atomic E-state index is 0.277. The Hall–Kier alpha value is -3.98. The number of carbonyl (C=O) groups is 1. The number of morpholine rings is 1. The van der Waals surface area contributed by atoms with E-state index in [1.54, 1.807) is 12.4 Å². The molecule has 0 atom stereocenters. The van der Waals surface area contributed by atoms with Crippen LogP contribution in [0.15, 0.2) is 59.5 Å². The van der Waals surface area contributed by atoms with Crippen molar-refractivity contribution in [2.45, 2.75) is 19.8 Å². The fourth-order valence-corrected chi connectivity index (χ4v) is 4.65. The molecule has 2 aliphatic heterocycles. The number of benzene rings is 1. The number of rotatable bonds is 7. The smallest absolute Gasteiger partial charge is 0.276 e. The summed E-state index contributed by atoms with van der Waals surface area (Å²) in [6.07, 6.45) is 7.95. The molecule has 5 rings (SSSR count). The molecule has 0 unspecified atom stereocenters. The maximum Gasteiger partial charge on any atom is 0.276 e. The van der Waals surface area contributed by atoms with Gasteiger partial charge in [0.1, 0.15) is 5.82 Å². The molecule has 2 aromatic heterocycles. The highest BCUT2D eigenvalue weighted by Gasteiger charge is 2.18. The molecule has 0 saturated carbocycles. The normalized spacial score (nSPS) is 17.0. The summed E-state index contributed by atoms with van der Waals surface area (Å²) >= 11 is 0. The Morgan fingerprint density at radius 1 is 1.17 bits per heavy atom. The molecule has 2 N–H and O–H groups in total. The molecule has 3 aromatic rings. The van der Waals surface area contributed by atoms with Crippen molar-refractivity contribution < 1.29 is 9.53 Å². The van der Waals surface area contributed by atoms with Gasteiger partial charge in [0.05, 0.1) is 36.3 Å². The molecule has 0 radical (unpaired) electrons. The van der Waals surface area contributed by atoms with Crippen LogP contribution in [0.5, 0.6) is 0 Å². The molecule has 0 spiro atoms. The van der Waals surface area contributed by atoms with E-state index < -0.39 is 0 Å². The third-order valence-electron chi connectivity index (χ3n) is 6.63. The van der Waals surface area contributed by atoms with Gasteiger partial charge in [0.2, 0.25) is 0 Å². The van der Waals surface area contributed by atoms with Gasteiger partial charge in [0.25, 0.3) is 5.91 Å². The van der Waals surface area contributed by atoms with Gasteiger partial charge in [-0.2, -0.15) is 5.10 Å². The van der Waals surface area contributed by atoms with Gasteiger partial charge in [-0.3, -0.25) is 14.9 Å². The summed E-state index contributed by atoms with van der Waals surface area (Å²) < 4.78 is 5.47. The second kappa shape index (κ2) is 10.7. The Morgan fingerprint density at radius 2 is 1.97 bits per heavy atom. The van der Waals surface area contributed by atoms with Crippen molar-refractivity contribution >= 4 is 40.6 Å². The molecule has 9 nitrogen and oxygen atoms in total. The van der Waals surface area contributed by atoms with Crippen LogP contribution in [0.2, 0.25) is 0 Å². The maximum atomic E-state index is 13.1. The van der Waals surface area contributed by atoms with Crippen LogP contribution in [0, 0.1) is 0 Å². The monoisotopic (exact) mass is 485 g/mol. The molecule has 36 heavy (non-hydrogen) atoms. The third-order valence-corrected chi connectivity index (χ3v) is 6.63. The van der Waals surface area contributed by atoms with Crippen LogP contribution in [-0.2, 0) is 4.74 Å². The van der Waals surface area contributed by atoms with E-state index in [2.05, 4.69) is 48.1 Å². The quantitative estimate of drug-likeness (QED) is 0.386. The van der Waals surface area contributed by atoms with Crippen LogP contribution >= 0.6 is 0 Å². The van der Waals surface area contributed by atoms with Gasteiger partial charge in [-0.1, -0.05) is 6.07 Å². The average molecular weight is 486 g/mol. The summed E-state index contributed by atoms with van der Waals surface area (Å²) in [5, 5.41) is 11.0. The van der Waals surface area contributed by atoms with E-state index in [0.29, 0.717) is 24.6 Å². The second-order valence-electron chi connectivity index (χ2n) is 9.05. The Bertz CT molecular complexity index is 1300. The number of hydrogen-bond donors (Lipinski definition) is 2. The van der Waals surface area contributed by atoms with Crippen LogP contribution in [0.1, 0.15) is 35.8 Å². The number of fused-ring (bicyclic) bond motifs is 1. The van der Waals surface area contributed by atoms with Crippen molar-refractivity contribution in [2.24, 2.45) is 4.99 Å². The fourth-order valence-electron chi connectivity index (χ4n) is 4.65. The zero-order valence-electron chi connectivity index (χ0n) is 20.5. The molecule has 1 amide bonds. The molecule has 9 heteroatoms. The zero-order valence-corrected chi connectivity index (χ0v) is 20.5. The number of aromatic amines is 1. The van der Waals surface area contributed by atoms with Gasteiger partial charge >= 0.3 is 0 Å². The van der Waals surface area contributed by atoms with E-state index >= 15 is 0 Å². The first-order chi connectivity index (χ1) is 17.6. The first kappa shape index (κ1) is 23.7. The van der Waals surface area contributed by atoms with Crippen molar-refractivity contribution in [3.63, 3.8) is 0 Å². The summed E-state index contributed by atoms with van der Waals surface area (Å²) in [6.45, 7) is 10.7. The number of nitrogens with one attached hydrogen (secondary N) is 2. The molecular weight excluding hydrogens is 454 g/mol. The SMILES string of the molecule is C=N/C=C(\C=C(/C)c1ccc2[nH]nc(C(=O)Nc3ccc(N4CCCC4)nc3)c2c1)N1CCOCC1. The van der Waals surface area contributed by atoms with Crippen LogP contribution in [-0.4, -0.2) is 72.1 Å². The average Bonchev–Trinajstić information content (AvgIpc) is 3.59. The summed E-state index contributed by atoms with van der Waals surface area (Å²) in [5.74, 6) is 0.667. The molecule has 2 fully saturated rings. The van der Waals surface area contributed by atoms with E-state index in [0.717, 1.165) is 59.7 Å². The van der Waals surface area contributed by atoms with Gasteiger partial charge in [-0.15, -0.1) is 0 Å². The number of aliphatic imine (C=N–C) groups is 1. The summed E-state index contributed by atoms with van der Waals surface area (Å²) in [7, 11) is 0. The van der Waals surface area contributed by atoms with Crippen LogP contribution in [0.4, 0.5) is 11.5 Å². The van der Waals surface area contributed by atoms with Gasteiger partial charge in [-0.05, 0) is 68.0 Å². The number of hydrogen-bond acceptors (Lipinski definition) is 7. The number of allylic oxidation sites excluding steroid dienone is 2. The molecule has 2 aliphatic rings. The summed E-state index contributed by atoms with van der Waals surface area (Å²) in [5.41, 5.74) is 4.82. The Balaban J connectivity index is 1.35. The minimum Gasteiger partial charge on any atom is -0.378 e. The zero-order chi connectivity index (χ0) is 24.9. The number of aromatic nitrogens is 3. The van der Waals surface area contributed by atoms with Gasteiger partial charge < -0.3 is 19.9 Å². The Labute approximate surface area is 210 Å². The molecule has 4 heterocycles. The molecule has 2 saturated heterocycles. The van der Waals surface area contributed by atoms with Crippen LogP contribution in [0.3, 0.4) is 0 Å². The van der Waals surface area contributed by atoms with Gasteiger partial charge in [0, 0.05) is 37.8 Å². The van der Waals surface area contributed by atoms with Crippen molar-refractivity contribution in [3.05, 3.63) is 65.8 Å². The lowest BCUT2D eigenvalue weighted by Gasteiger charge is -2.29. The topological polar surface area (TPSA) is 98.7 Å². The number of H-pyrrole nitrogens is 1. The molecule has 0 bridgehead atoms. The molecule has 1 aromatic carbocycles. The van der Waals surface area contributed by atoms with Gasteiger partial charge in [-0.25, -0.2) is 4.98 Å². The number of amides is 1. The number of pyridine rings is 1. The highest BCUT2D eigenvalue weighted by Crippen LogP contribution is 2.25. The summed E-state index contributed by atoms with van der Waals surface area (Å²) in [4.78, 5) is 26.1. The Kier molecular flexibility index (Phi) is 7.08. The van der Waals surface area contributed by atoms with E-state index in [1.165, 1.54) is 12.8 Å². The predicted octanol–water partition coefficient (Wildman–Crippen LogP) is 4.09. The van der Waals surface area contributed by atoms with E-state index in [1.807, 2.05) is 37.3 Å². The predicted molar refractivity (Wildman–Crippen MR) is 143 cm³/mol. The Morgan fingerprint density at radius 3 is 2.69 bits per heavy atom. The first-order valence-corrected chi connectivity index (χ1v) is 12.3. The van der Waals surface area contributed by atoms with Crippen molar-refractivity contribution in [2.75, 3.05) is 49.6 Å². The number of carbonyl (C=O) groups excluding carboxylic acids is 1. The lowest BCUT2D eigenvalue weighted by molar-refractivity contribution is 0.0553. The van der Waals surface area contributed by atoms with E-state index in [4.69, 9.17) is 4.74 Å². The van der Waals surface area contributed by atoms with Crippen molar-refractivity contribution in [1.29, 1.82) is 0 Å². The highest BCUT2D eigenvalue weighted by atomic mass is 16.5.